The summed E-state index contributed by atoms with van der Waals surface area (Å²) in [6, 6.07) is 7.83. The second-order valence-corrected chi connectivity index (χ2v) is 9.03. The third-order valence-corrected chi connectivity index (χ3v) is 5.63. The first-order valence-electron chi connectivity index (χ1n) is 9.40. The number of Topliss-reactive ketones (excluding diaryl/α,β-unsaturated/α-hetero) is 1. The minimum Gasteiger partial charge on any atom is -0.462 e. The summed E-state index contributed by atoms with van der Waals surface area (Å²) in [5, 5.41) is 3.35. The minimum absolute atomic E-state index is 0.0896. The summed E-state index contributed by atoms with van der Waals surface area (Å²) in [6.45, 7) is 8.44. The Morgan fingerprint density at radius 1 is 1.26 bits per heavy atom. The summed E-state index contributed by atoms with van der Waals surface area (Å²) in [4.78, 5) is 26.0. The van der Waals surface area contributed by atoms with E-state index in [-0.39, 0.29) is 23.1 Å². The van der Waals surface area contributed by atoms with Crippen LogP contribution in [0.1, 0.15) is 58.4 Å². The van der Waals surface area contributed by atoms with Gasteiger partial charge in [0.2, 0.25) is 0 Å². The minimum atomic E-state index is -0.387. The number of halogens is 1. The Hall–Kier alpha value is -1.88. The average Bonchev–Trinajstić information content (AvgIpc) is 2.58. The van der Waals surface area contributed by atoms with E-state index >= 15 is 0 Å². The van der Waals surface area contributed by atoms with E-state index in [4.69, 9.17) is 4.74 Å². The molecule has 0 saturated heterocycles. The topological polar surface area (TPSA) is 55.4 Å². The molecule has 1 aromatic carbocycles. The van der Waals surface area contributed by atoms with Crippen LogP contribution >= 0.6 is 15.9 Å². The molecule has 4 nitrogen and oxygen atoms in total. The lowest BCUT2D eigenvalue weighted by molar-refractivity contribution is -0.139. The number of nitrogens with one attached hydrogen (secondary N) is 1. The SMILES string of the molecule is CCCOC(=O)C1=C(C)NC2=C(C(=O)CC(C)(C)C2)C1c1ccc(Br)cc1. The predicted octanol–water partition coefficient (Wildman–Crippen LogP) is 5.01. The number of hydrogen-bond donors (Lipinski definition) is 1. The first-order chi connectivity index (χ1) is 12.7. The van der Waals surface area contributed by atoms with Gasteiger partial charge in [-0.3, -0.25) is 4.79 Å². The molecule has 1 atom stereocenters. The molecule has 0 radical (unpaired) electrons. The maximum atomic E-state index is 13.1. The molecule has 0 aromatic heterocycles. The first kappa shape index (κ1) is 19.9. The lowest BCUT2D eigenvalue weighted by Gasteiger charge is -2.39. The number of dihydropyridines is 1. The lowest BCUT2D eigenvalue weighted by Crippen LogP contribution is -2.38. The number of allylic oxidation sites excluding steroid dienone is 3. The Balaban J connectivity index is 2.12. The number of esters is 1. The van der Waals surface area contributed by atoms with Gasteiger partial charge in [0.25, 0.3) is 0 Å². The van der Waals surface area contributed by atoms with E-state index in [9.17, 15) is 9.59 Å². The molecule has 1 aliphatic carbocycles. The van der Waals surface area contributed by atoms with Crippen molar-refractivity contribution in [2.24, 2.45) is 5.41 Å². The van der Waals surface area contributed by atoms with Gasteiger partial charge in [-0.15, -0.1) is 0 Å². The fourth-order valence-electron chi connectivity index (χ4n) is 3.97. The van der Waals surface area contributed by atoms with Gasteiger partial charge in [0, 0.05) is 33.8 Å². The van der Waals surface area contributed by atoms with E-state index in [1.807, 2.05) is 38.1 Å². The van der Waals surface area contributed by atoms with Crippen LogP contribution < -0.4 is 5.32 Å². The van der Waals surface area contributed by atoms with Crippen molar-refractivity contribution < 1.29 is 14.3 Å². The summed E-state index contributed by atoms with van der Waals surface area (Å²) in [6.07, 6.45) is 2.03. The highest BCUT2D eigenvalue weighted by molar-refractivity contribution is 9.10. The predicted molar refractivity (Wildman–Crippen MR) is 109 cm³/mol. The van der Waals surface area contributed by atoms with E-state index < -0.39 is 0 Å². The fourth-order valence-corrected chi connectivity index (χ4v) is 4.23. The third-order valence-electron chi connectivity index (χ3n) is 5.10. The summed E-state index contributed by atoms with van der Waals surface area (Å²) < 4.78 is 6.41. The number of ether oxygens (including phenoxy) is 1. The number of carbonyl (C=O) groups is 2. The fraction of sp³-hybridized carbons (Fsp3) is 0.455. The molecule has 1 unspecified atom stereocenters. The van der Waals surface area contributed by atoms with Crippen molar-refractivity contribution in [2.75, 3.05) is 6.61 Å². The van der Waals surface area contributed by atoms with E-state index in [0.29, 0.717) is 24.2 Å². The van der Waals surface area contributed by atoms with Crippen molar-refractivity contribution in [3.05, 3.63) is 56.8 Å². The van der Waals surface area contributed by atoms with Gasteiger partial charge in [0.15, 0.2) is 5.78 Å². The Kier molecular flexibility index (Phi) is 5.61. The molecule has 1 aliphatic heterocycles. The molecule has 2 aliphatic rings. The molecule has 0 saturated carbocycles. The molecule has 0 amide bonds. The van der Waals surface area contributed by atoms with Gasteiger partial charge in [-0.05, 0) is 42.9 Å². The average molecular weight is 432 g/mol. The summed E-state index contributed by atoms with van der Waals surface area (Å²) in [5.74, 6) is -0.629. The van der Waals surface area contributed by atoms with Crippen LogP contribution in [0.15, 0.2) is 51.3 Å². The highest BCUT2D eigenvalue weighted by atomic mass is 79.9. The Labute approximate surface area is 169 Å². The van der Waals surface area contributed by atoms with E-state index in [2.05, 4.69) is 35.1 Å². The van der Waals surface area contributed by atoms with E-state index in [1.165, 1.54) is 0 Å². The largest absolute Gasteiger partial charge is 0.462 e. The molecule has 1 N–H and O–H groups in total. The van der Waals surface area contributed by atoms with Gasteiger partial charge in [0.05, 0.1) is 12.2 Å². The molecule has 27 heavy (non-hydrogen) atoms. The highest BCUT2D eigenvalue weighted by Gasteiger charge is 2.43. The number of hydrogen-bond acceptors (Lipinski definition) is 4. The van der Waals surface area contributed by atoms with Crippen LogP contribution in [0.4, 0.5) is 0 Å². The maximum absolute atomic E-state index is 13.1. The molecule has 1 heterocycles. The highest BCUT2D eigenvalue weighted by Crippen LogP contribution is 2.46. The molecule has 3 rings (SSSR count). The van der Waals surface area contributed by atoms with Crippen LogP contribution in [-0.4, -0.2) is 18.4 Å². The number of rotatable bonds is 4. The smallest absolute Gasteiger partial charge is 0.336 e. The van der Waals surface area contributed by atoms with Crippen molar-refractivity contribution in [3.8, 4) is 0 Å². The number of ketones is 1. The molecule has 0 fully saturated rings. The third kappa shape index (κ3) is 4.03. The zero-order chi connectivity index (χ0) is 19.8. The Morgan fingerprint density at radius 2 is 1.93 bits per heavy atom. The van der Waals surface area contributed by atoms with E-state index in [0.717, 1.165) is 34.3 Å². The maximum Gasteiger partial charge on any atom is 0.336 e. The van der Waals surface area contributed by atoms with Crippen molar-refractivity contribution in [3.63, 3.8) is 0 Å². The molecule has 144 valence electrons. The van der Waals surface area contributed by atoms with Gasteiger partial charge in [-0.1, -0.05) is 48.8 Å². The molecule has 0 spiro atoms. The molecular formula is C22H26BrNO3. The zero-order valence-corrected chi connectivity index (χ0v) is 17.9. The Bertz CT molecular complexity index is 834. The van der Waals surface area contributed by atoms with Gasteiger partial charge >= 0.3 is 5.97 Å². The zero-order valence-electron chi connectivity index (χ0n) is 16.3. The second-order valence-electron chi connectivity index (χ2n) is 8.12. The standard InChI is InChI=1S/C22H26BrNO3/c1-5-10-27-21(26)18-13(2)24-16-11-22(3,4)12-17(25)20(16)19(18)14-6-8-15(23)9-7-14/h6-9,19,24H,5,10-12H2,1-4H3. The molecule has 0 bridgehead atoms. The lowest BCUT2D eigenvalue weighted by atomic mass is 9.68. The summed E-state index contributed by atoms with van der Waals surface area (Å²) >= 11 is 3.46. The monoisotopic (exact) mass is 431 g/mol. The van der Waals surface area contributed by atoms with Crippen LogP contribution in [-0.2, 0) is 14.3 Å². The van der Waals surface area contributed by atoms with E-state index in [1.54, 1.807) is 0 Å². The summed E-state index contributed by atoms with van der Waals surface area (Å²) in [5.41, 5.74) is 3.81. The Morgan fingerprint density at radius 3 is 2.56 bits per heavy atom. The van der Waals surface area contributed by atoms with Gasteiger partial charge in [-0.2, -0.15) is 0 Å². The number of benzene rings is 1. The van der Waals surface area contributed by atoms with Crippen LogP contribution in [0.2, 0.25) is 0 Å². The molecular weight excluding hydrogens is 406 g/mol. The van der Waals surface area contributed by atoms with Gasteiger partial charge in [-0.25, -0.2) is 4.79 Å². The van der Waals surface area contributed by atoms with Crippen molar-refractivity contribution in [1.82, 2.24) is 5.32 Å². The van der Waals surface area contributed by atoms with Crippen LogP contribution in [0.5, 0.6) is 0 Å². The molecule has 1 aromatic rings. The summed E-state index contributed by atoms with van der Waals surface area (Å²) in [7, 11) is 0. The quantitative estimate of drug-likeness (QED) is 0.680. The van der Waals surface area contributed by atoms with Crippen LogP contribution in [0.25, 0.3) is 0 Å². The van der Waals surface area contributed by atoms with Crippen LogP contribution in [0, 0.1) is 5.41 Å². The van der Waals surface area contributed by atoms with Crippen molar-refractivity contribution >= 4 is 27.7 Å². The van der Waals surface area contributed by atoms with Gasteiger partial charge < -0.3 is 10.1 Å². The first-order valence-corrected chi connectivity index (χ1v) is 10.2. The number of carbonyl (C=O) groups excluding carboxylic acids is 2. The molecule has 5 heteroatoms. The van der Waals surface area contributed by atoms with Crippen molar-refractivity contribution in [1.29, 1.82) is 0 Å². The van der Waals surface area contributed by atoms with Crippen molar-refractivity contribution in [2.45, 2.75) is 52.9 Å². The normalized spacial score (nSPS) is 21.7. The second kappa shape index (κ2) is 7.63. The van der Waals surface area contributed by atoms with Gasteiger partial charge in [0.1, 0.15) is 0 Å². The van der Waals surface area contributed by atoms with Crippen LogP contribution in [0.3, 0.4) is 0 Å².